The number of aromatic nitrogens is 1. The number of anilines is 1. The molecule has 1 fully saturated rings. The Labute approximate surface area is 157 Å². The van der Waals surface area contributed by atoms with Gasteiger partial charge in [0.25, 0.3) is 0 Å². The molecule has 138 valence electrons. The summed E-state index contributed by atoms with van der Waals surface area (Å²) in [6, 6.07) is 12.6. The standard InChI is InChI=1S/C21H29BN2O2/c1-7-24(15-17-11-9-8-10-12-17)19-13-16(2)18(14-23-19)22-25-20(3,4)21(5,6)26-22/h8-14H,7,15H2,1-6H3. The maximum Gasteiger partial charge on any atom is 0.496 e. The molecule has 5 heteroatoms. The Hall–Kier alpha value is -1.85. The van der Waals surface area contributed by atoms with Crippen LogP contribution in [0.4, 0.5) is 5.82 Å². The molecule has 1 aromatic carbocycles. The molecule has 1 aliphatic rings. The van der Waals surface area contributed by atoms with E-state index in [0.29, 0.717) is 0 Å². The van der Waals surface area contributed by atoms with Crippen molar-refractivity contribution in [2.75, 3.05) is 11.4 Å². The normalized spacial score (nSPS) is 18.2. The lowest BCUT2D eigenvalue weighted by molar-refractivity contribution is 0.00578. The summed E-state index contributed by atoms with van der Waals surface area (Å²) in [5.74, 6) is 0.981. The largest absolute Gasteiger partial charge is 0.496 e. The fourth-order valence-corrected chi connectivity index (χ4v) is 3.10. The van der Waals surface area contributed by atoms with Crippen molar-refractivity contribution in [2.24, 2.45) is 0 Å². The van der Waals surface area contributed by atoms with Crippen LogP contribution in [0.3, 0.4) is 0 Å². The second-order valence-corrected chi connectivity index (χ2v) is 7.99. The summed E-state index contributed by atoms with van der Waals surface area (Å²) in [4.78, 5) is 6.99. The minimum Gasteiger partial charge on any atom is -0.399 e. The van der Waals surface area contributed by atoms with Crippen molar-refractivity contribution in [1.82, 2.24) is 4.98 Å². The quantitative estimate of drug-likeness (QED) is 0.769. The molecule has 0 saturated carbocycles. The third-order valence-corrected chi connectivity index (χ3v) is 5.57. The van der Waals surface area contributed by atoms with Crippen LogP contribution in [0.5, 0.6) is 0 Å². The van der Waals surface area contributed by atoms with Gasteiger partial charge in [-0.3, -0.25) is 0 Å². The Kier molecular flexibility index (Phi) is 5.13. The zero-order chi connectivity index (χ0) is 18.9. The van der Waals surface area contributed by atoms with E-state index in [1.165, 1.54) is 5.56 Å². The number of aryl methyl sites for hydroxylation is 1. The van der Waals surface area contributed by atoms with E-state index in [2.05, 4.69) is 76.8 Å². The maximum atomic E-state index is 6.18. The van der Waals surface area contributed by atoms with E-state index in [1.807, 2.05) is 12.3 Å². The lowest BCUT2D eigenvalue weighted by atomic mass is 9.77. The van der Waals surface area contributed by atoms with Crippen LogP contribution in [0.25, 0.3) is 0 Å². The topological polar surface area (TPSA) is 34.6 Å². The van der Waals surface area contributed by atoms with Gasteiger partial charge in [0.2, 0.25) is 0 Å². The first kappa shape index (κ1) is 18.9. The first-order chi connectivity index (χ1) is 12.2. The Bertz CT molecular complexity index is 746. The lowest BCUT2D eigenvalue weighted by Crippen LogP contribution is -2.41. The summed E-state index contributed by atoms with van der Waals surface area (Å²) in [6.45, 7) is 14.3. The van der Waals surface area contributed by atoms with Crippen molar-refractivity contribution in [1.29, 1.82) is 0 Å². The minimum absolute atomic E-state index is 0.342. The van der Waals surface area contributed by atoms with E-state index >= 15 is 0 Å². The van der Waals surface area contributed by atoms with Gasteiger partial charge in [-0.25, -0.2) is 4.98 Å². The monoisotopic (exact) mass is 352 g/mol. The van der Waals surface area contributed by atoms with E-state index < -0.39 is 0 Å². The van der Waals surface area contributed by atoms with Crippen LogP contribution in [-0.2, 0) is 15.9 Å². The van der Waals surface area contributed by atoms with Crippen molar-refractivity contribution < 1.29 is 9.31 Å². The number of pyridine rings is 1. The highest BCUT2D eigenvalue weighted by Crippen LogP contribution is 2.36. The van der Waals surface area contributed by atoms with Crippen LogP contribution in [-0.4, -0.2) is 29.8 Å². The average Bonchev–Trinajstić information content (AvgIpc) is 2.81. The van der Waals surface area contributed by atoms with Gasteiger partial charge in [0.05, 0.1) is 11.2 Å². The van der Waals surface area contributed by atoms with Crippen LogP contribution in [0.2, 0.25) is 0 Å². The highest BCUT2D eigenvalue weighted by atomic mass is 16.7. The Balaban J connectivity index is 1.81. The lowest BCUT2D eigenvalue weighted by Gasteiger charge is -2.32. The molecule has 1 aliphatic heterocycles. The maximum absolute atomic E-state index is 6.18. The van der Waals surface area contributed by atoms with Gasteiger partial charge in [-0.2, -0.15) is 0 Å². The molecule has 0 atom stereocenters. The van der Waals surface area contributed by atoms with Gasteiger partial charge in [-0.1, -0.05) is 30.3 Å². The number of benzene rings is 1. The molecule has 1 aromatic heterocycles. The van der Waals surface area contributed by atoms with Gasteiger partial charge in [-0.15, -0.1) is 0 Å². The van der Waals surface area contributed by atoms with Crippen molar-refractivity contribution in [3.05, 3.63) is 53.7 Å². The predicted molar refractivity (Wildman–Crippen MR) is 108 cm³/mol. The molecule has 0 aliphatic carbocycles. The van der Waals surface area contributed by atoms with Gasteiger partial charge in [0.1, 0.15) is 5.82 Å². The van der Waals surface area contributed by atoms with E-state index in [1.54, 1.807) is 0 Å². The Morgan fingerprint density at radius 3 is 2.19 bits per heavy atom. The van der Waals surface area contributed by atoms with Crippen LogP contribution >= 0.6 is 0 Å². The van der Waals surface area contributed by atoms with Gasteiger partial charge in [0, 0.05) is 24.7 Å². The summed E-state index contributed by atoms with van der Waals surface area (Å²) >= 11 is 0. The second kappa shape index (κ2) is 7.05. The van der Waals surface area contributed by atoms with Crippen LogP contribution in [0.15, 0.2) is 42.6 Å². The molecule has 0 N–H and O–H groups in total. The summed E-state index contributed by atoms with van der Waals surface area (Å²) < 4.78 is 12.4. The van der Waals surface area contributed by atoms with E-state index in [4.69, 9.17) is 14.3 Å². The fourth-order valence-electron chi connectivity index (χ4n) is 3.10. The predicted octanol–water partition coefficient (Wildman–Crippen LogP) is 3.72. The van der Waals surface area contributed by atoms with Crippen molar-refractivity contribution in [3.8, 4) is 0 Å². The number of hydrogen-bond acceptors (Lipinski definition) is 4. The number of rotatable bonds is 5. The summed E-state index contributed by atoms with van der Waals surface area (Å²) in [5.41, 5.74) is 2.74. The van der Waals surface area contributed by atoms with Gasteiger partial charge in [-0.05, 0) is 58.7 Å². The Morgan fingerprint density at radius 2 is 1.65 bits per heavy atom. The minimum atomic E-state index is -0.370. The Morgan fingerprint density at radius 1 is 1.04 bits per heavy atom. The van der Waals surface area contributed by atoms with Gasteiger partial charge < -0.3 is 14.2 Å². The molecular formula is C21H29BN2O2. The zero-order valence-corrected chi connectivity index (χ0v) is 16.7. The molecular weight excluding hydrogens is 323 g/mol. The number of hydrogen-bond donors (Lipinski definition) is 0. The van der Waals surface area contributed by atoms with E-state index in [0.717, 1.165) is 29.9 Å². The molecule has 0 spiro atoms. The van der Waals surface area contributed by atoms with Crippen molar-refractivity contribution >= 4 is 18.4 Å². The highest BCUT2D eigenvalue weighted by Gasteiger charge is 2.52. The fraction of sp³-hybridized carbons (Fsp3) is 0.476. The van der Waals surface area contributed by atoms with Gasteiger partial charge >= 0.3 is 7.12 Å². The molecule has 26 heavy (non-hydrogen) atoms. The van der Waals surface area contributed by atoms with Crippen LogP contribution in [0, 0.1) is 6.92 Å². The summed E-state index contributed by atoms with van der Waals surface area (Å²) in [7, 11) is -0.370. The molecule has 2 heterocycles. The summed E-state index contributed by atoms with van der Waals surface area (Å²) in [5, 5.41) is 0. The zero-order valence-electron chi connectivity index (χ0n) is 16.7. The second-order valence-electron chi connectivity index (χ2n) is 7.99. The first-order valence-corrected chi connectivity index (χ1v) is 9.34. The third-order valence-electron chi connectivity index (χ3n) is 5.57. The smallest absolute Gasteiger partial charge is 0.399 e. The molecule has 1 saturated heterocycles. The highest BCUT2D eigenvalue weighted by molar-refractivity contribution is 6.62. The molecule has 0 amide bonds. The molecule has 0 unspecified atom stereocenters. The number of nitrogens with zero attached hydrogens (tertiary/aromatic N) is 2. The summed E-state index contributed by atoms with van der Waals surface area (Å²) in [6.07, 6.45) is 1.90. The molecule has 0 radical (unpaired) electrons. The van der Waals surface area contributed by atoms with E-state index in [-0.39, 0.29) is 18.3 Å². The molecule has 0 bridgehead atoms. The third kappa shape index (κ3) is 3.65. The first-order valence-electron chi connectivity index (χ1n) is 9.34. The molecule has 4 nitrogen and oxygen atoms in total. The van der Waals surface area contributed by atoms with Crippen LogP contribution in [0.1, 0.15) is 45.7 Å². The molecule has 2 aromatic rings. The average molecular weight is 352 g/mol. The van der Waals surface area contributed by atoms with Crippen molar-refractivity contribution in [2.45, 2.75) is 59.3 Å². The van der Waals surface area contributed by atoms with Gasteiger partial charge in [0.15, 0.2) is 0 Å². The molecule has 3 rings (SSSR count). The van der Waals surface area contributed by atoms with E-state index in [9.17, 15) is 0 Å². The van der Waals surface area contributed by atoms with Crippen molar-refractivity contribution in [3.63, 3.8) is 0 Å². The van der Waals surface area contributed by atoms with Crippen LogP contribution < -0.4 is 10.4 Å². The SMILES string of the molecule is CCN(Cc1ccccc1)c1cc(C)c(B2OC(C)(C)C(C)(C)O2)cn1.